The highest BCUT2D eigenvalue weighted by Gasteiger charge is 2.27. The van der Waals surface area contributed by atoms with E-state index in [-0.39, 0.29) is 6.04 Å². The molecule has 1 N–H and O–H groups in total. The second-order valence-corrected chi connectivity index (χ2v) is 3.77. The van der Waals surface area contributed by atoms with Crippen LogP contribution in [0.1, 0.15) is 13.3 Å². The van der Waals surface area contributed by atoms with Gasteiger partial charge in [-0.3, -0.25) is 4.68 Å². The number of hydrogen-bond donors (Lipinski definition) is 1. The van der Waals surface area contributed by atoms with Crippen LogP contribution in [0.5, 0.6) is 0 Å². The molecule has 1 unspecified atom stereocenters. The lowest BCUT2D eigenvalue weighted by Crippen LogP contribution is -2.36. The second-order valence-electron chi connectivity index (χ2n) is 3.77. The van der Waals surface area contributed by atoms with Crippen molar-refractivity contribution in [2.75, 3.05) is 6.61 Å². The standard InChI is InChI=1S/C10H14F3N3O2/c1-8(7-16-5-2-4-14-16)15-9(17)18-6-3-10(11,12)13/h2,4-5,8H,3,6-7H2,1H3,(H,15,17). The summed E-state index contributed by atoms with van der Waals surface area (Å²) in [5.41, 5.74) is 0. The maximum absolute atomic E-state index is 11.8. The highest BCUT2D eigenvalue weighted by Crippen LogP contribution is 2.18. The topological polar surface area (TPSA) is 56.2 Å². The van der Waals surface area contributed by atoms with Crippen LogP contribution in [0, 0.1) is 0 Å². The van der Waals surface area contributed by atoms with Gasteiger partial charge in [0, 0.05) is 18.4 Å². The lowest BCUT2D eigenvalue weighted by Gasteiger charge is -2.14. The average molecular weight is 265 g/mol. The van der Waals surface area contributed by atoms with Gasteiger partial charge in [-0.05, 0) is 13.0 Å². The molecule has 1 heterocycles. The van der Waals surface area contributed by atoms with E-state index in [0.717, 1.165) is 0 Å². The summed E-state index contributed by atoms with van der Waals surface area (Å²) in [6.07, 6.45) is -3.02. The summed E-state index contributed by atoms with van der Waals surface area (Å²) in [6, 6.07) is 1.44. The van der Waals surface area contributed by atoms with Gasteiger partial charge in [-0.1, -0.05) is 0 Å². The third kappa shape index (κ3) is 6.12. The van der Waals surface area contributed by atoms with E-state index in [4.69, 9.17) is 0 Å². The largest absolute Gasteiger partial charge is 0.449 e. The van der Waals surface area contributed by atoms with Crippen LogP contribution < -0.4 is 5.32 Å². The molecule has 0 saturated carbocycles. The van der Waals surface area contributed by atoms with Gasteiger partial charge in [0.25, 0.3) is 0 Å². The summed E-state index contributed by atoms with van der Waals surface area (Å²) < 4.78 is 41.4. The van der Waals surface area contributed by atoms with Crippen molar-refractivity contribution >= 4 is 6.09 Å². The van der Waals surface area contributed by atoms with E-state index in [2.05, 4.69) is 15.2 Å². The van der Waals surface area contributed by atoms with Crippen molar-refractivity contribution in [2.45, 2.75) is 32.1 Å². The first-order valence-corrected chi connectivity index (χ1v) is 5.34. The van der Waals surface area contributed by atoms with E-state index in [1.165, 1.54) is 0 Å². The summed E-state index contributed by atoms with van der Waals surface area (Å²) in [6.45, 7) is 1.44. The fourth-order valence-corrected chi connectivity index (χ4v) is 1.24. The molecule has 8 heteroatoms. The Morgan fingerprint density at radius 2 is 2.28 bits per heavy atom. The Morgan fingerprint density at radius 1 is 1.56 bits per heavy atom. The SMILES string of the molecule is CC(Cn1cccn1)NC(=O)OCCC(F)(F)F. The normalized spacial score (nSPS) is 13.1. The monoisotopic (exact) mass is 265 g/mol. The van der Waals surface area contributed by atoms with E-state index in [1.807, 2.05) is 0 Å². The Hall–Kier alpha value is -1.73. The van der Waals surface area contributed by atoms with Crippen molar-refractivity contribution < 1.29 is 22.7 Å². The Bertz CT molecular complexity index is 365. The number of aromatic nitrogens is 2. The minimum atomic E-state index is -4.32. The van der Waals surface area contributed by atoms with Crippen LogP contribution in [0.2, 0.25) is 0 Å². The first kappa shape index (κ1) is 14.3. The maximum atomic E-state index is 11.8. The van der Waals surface area contributed by atoms with Crippen LogP contribution in [0.3, 0.4) is 0 Å². The number of ether oxygens (including phenoxy) is 1. The first-order valence-electron chi connectivity index (χ1n) is 5.34. The van der Waals surface area contributed by atoms with E-state index in [0.29, 0.717) is 6.54 Å². The van der Waals surface area contributed by atoms with Gasteiger partial charge in [-0.2, -0.15) is 18.3 Å². The van der Waals surface area contributed by atoms with Gasteiger partial charge in [-0.25, -0.2) is 4.79 Å². The van der Waals surface area contributed by atoms with Gasteiger partial charge >= 0.3 is 12.3 Å². The molecule has 0 saturated heterocycles. The highest BCUT2D eigenvalue weighted by molar-refractivity contribution is 5.67. The van der Waals surface area contributed by atoms with Crippen LogP contribution in [0.25, 0.3) is 0 Å². The fourth-order valence-electron chi connectivity index (χ4n) is 1.24. The molecule has 5 nitrogen and oxygen atoms in total. The van der Waals surface area contributed by atoms with Crippen LogP contribution in [0.15, 0.2) is 18.5 Å². The molecule has 1 aromatic heterocycles. The molecule has 0 aromatic carbocycles. The number of nitrogens with zero attached hydrogens (tertiary/aromatic N) is 2. The molecule has 0 bridgehead atoms. The maximum Gasteiger partial charge on any atom is 0.407 e. The van der Waals surface area contributed by atoms with Gasteiger partial charge in [-0.15, -0.1) is 0 Å². The van der Waals surface area contributed by atoms with Gasteiger partial charge in [0.05, 0.1) is 13.0 Å². The predicted molar refractivity (Wildman–Crippen MR) is 56.8 cm³/mol. The molecule has 1 amide bonds. The summed E-state index contributed by atoms with van der Waals surface area (Å²) in [4.78, 5) is 11.1. The number of nitrogens with one attached hydrogen (secondary N) is 1. The number of carbonyl (C=O) groups is 1. The number of halogens is 3. The lowest BCUT2D eigenvalue weighted by atomic mass is 10.3. The van der Waals surface area contributed by atoms with Crippen molar-refractivity contribution in [2.24, 2.45) is 0 Å². The fraction of sp³-hybridized carbons (Fsp3) is 0.600. The predicted octanol–water partition coefficient (Wildman–Crippen LogP) is 1.95. The van der Waals surface area contributed by atoms with Gasteiger partial charge in [0.2, 0.25) is 0 Å². The van der Waals surface area contributed by atoms with E-state index in [1.54, 1.807) is 30.1 Å². The molecular formula is C10H14F3N3O2. The van der Waals surface area contributed by atoms with Crippen molar-refractivity contribution in [3.05, 3.63) is 18.5 Å². The Morgan fingerprint density at radius 3 is 2.83 bits per heavy atom. The zero-order valence-electron chi connectivity index (χ0n) is 9.78. The van der Waals surface area contributed by atoms with Crippen molar-refractivity contribution in [1.29, 1.82) is 0 Å². The highest BCUT2D eigenvalue weighted by atomic mass is 19.4. The van der Waals surface area contributed by atoms with Gasteiger partial charge in [0.1, 0.15) is 6.61 Å². The van der Waals surface area contributed by atoms with Crippen LogP contribution in [-0.4, -0.2) is 34.7 Å². The Balaban J connectivity index is 2.19. The van der Waals surface area contributed by atoms with Crippen LogP contribution >= 0.6 is 0 Å². The molecule has 1 aromatic rings. The number of rotatable bonds is 5. The Labute approximate surface area is 102 Å². The molecule has 102 valence electrons. The molecule has 0 spiro atoms. The zero-order chi connectivity index (χ0) is 13.6. The third-order valence-corrected chi connectivity index (χ3v) is 2.00. The van der Waals surface area contributed by atoms with Crippen molar-refractivity contribution in [3.63, 3.8) is 0 Å². The summed E-state index contributed by atoms with van der Waals surface area (Å²) >= 11 is 0. The molecule has 0 aliphatic rings. The summed E-state index contributed by atoms with van der Waals surface area (Å²) in [5, 5.41) is 6.35. The lowest BCUT2D eigenvalue weighted by molar-refractivity contribution is -0.141. The first-order chi connectivity index (χ1) is 8.37. The van der Waals surface area contributed by atoms with Gasteiger partial charge < -0.3 is 10.1 Å². The van der Waals surface area contributed by atoms with Crippen LogP contribution in [-0.2, 0) is 11.3 Å². The average Bonchev–Trinajstić information content (AvgIpc) is 2.67. The van der Waals surface area contributed by atoms with Crippen molar-refractivity contribution in [3.8, 4) is 0 Å². The summed E-state index contributed by atoms with van der Waals surface area (Å²) in [5.74, 6) is 0. The van der Waals surface area contributed by atoms with E-state index >= 15 is 0 Å². The quantitative estimate of drug-likeness (QED) is 0.885. The van der Waals surface area contributed by atoms with E-state index in [9.17, 15) is 18.0 Å². The minimum absolute atomic E-state index is 0.289. The molecule has 0 radical (unpaired) electrons. The number of amides is 1. The molecule has 0 fully saturated rings. The number of hydrogen-bond acceptors (Lipinski definition) is 3. The molecule has 1 rings (SSSR count). The minimum Gasteiger partial charge on any atom is -0.449 e. The number of alkyl halides is 3. The van der Waals surface area contributed by atoms with Gasteiger partial charge in [0.15, 0.2) is 0 Å². The second kappa shape index (κ2) is 6.27. The van der Waals surface area contributed by atoms with Crippen molar-refractivity contribution in [1.82, 2.24) is 15.1 Å². The molecule has 1 atom stereocenters. The molecular weight excluding hydrogens is 251 g/mol. The number of carbonyl (C=O) groups excluding carboxylic acids is 1. The Kier molecular flexibility index (Phi) is 4.99. The molecule has 18 heavy (non-hydrogen) atoms. The van der Waals surface area contributed by atoms with E-state index < -0.39 is 25.3 Å². The summed E-state index contributed by atoms with van der Waals surface area (Å²) in [7, 11) is 0. The number of alkyl carbamates (subject to hydrolysis) is 1. The van der Waals surface area contributed by atoms with Crippen LogP contribution in [0.4, 0.5) is 18.0 Å². The molecule has 0 aliphatic heterocycles. The smallest absolute Gasteiger partial charge is 0.407 e. The third-order valence-electron chi connectivity index (χ3n) is 2.00. The molecule has 0 aliphatic carbocycles. The zero-order valence-corrected chi connectivity index (χ0v) is 9.78.